The molecular formula is C9H12N4O4. The quantitative estimate of drug-likeness (QED) is 0.546. The predicted molar refractivity (Wildman–Crippen MR) is 56.5 cm³/mol. The largest absolute Gasteiger partial charge is 0.480 e. The van der Waals surface area contributed by atoms with Gasteiger partial charge in [-0.05, 0) is 16.3 Å². The SMILES string of the molecule is Cc1nc([N+](=O)[O-])c2n1CCC(N)(C(=O)O)C2. The first-order chi connectivity index (χ1) is 7.85. The number of nitrogens with two attached hydrogens (primary N) is 1. The van der Waals surface area contributed by atoms with Crippen LogP contribution in [-0.2, 0) is 17.8 Å². The average Bonchev–Trinajstić information content (AvgIpc) is 2.55. The second-order valence-electron chi connectivity index (χ2n) is 4.23. The molecule has 8 heteroatoms. The minimum Gasteiger partial charge on any atom is -0.480 e. The van der Waals surface area contributed by atoms with Crippen LogP contribution in [0, 0.1) is 17.0 Å². The molecule has 0 fully saturated rings. The van der Waals surface area contributed by atoms with Crippen LogP contribution < -0.4 is 5.73 Å². The Morgan fingerprint density at radius 1 is 1.71 bits per heavy atom. The molecule has 0 spiro atoms. The number of nitro groups is 1. The van der Waals surface area contributed by atoms with Crippen molar-refractivity contribution in [3.63, 3.8) is 0 Å². The number of imidazole rings is 1. The number of fused-ring (bicyclic) bond motifs is 1. The van der Waals surface area contributed by atoms with Crippen LogP contribution >= 0.6 is 0 Å². The lowest BCUT2D eigenvalue weighted by molar-refractivity contribution is -0.390. The van der Waals surface area contributed by atoms with E-state index >= 15 is 0 Å². The van der Waals surface area contributed by atoms with Crippen LogP contribution in [0.5, 0.6) is 0 Å². The molecule has 1 aliphatic heterocycles. The van der Waals surface area contributed by atoms with Crippen LogP contribution in [0.4, 0.5) is 5.82 Å². The standard InChI is InChI=1S/C9H12N4O4/c1-5-11-7(13(16)17)6-4-9(10,8(14)15)2-3-12(5)6/h2-4,10H2,1H3,(H,14,15). The molecule has 0 bridgehead atoms. The number of carboxylic acid groups (broad SMARTS) is 1. The van der Waals surface area contributed by atoms with Gasteiger partial charge in [0.1, 0.15) is 11.2 Å². The van der Waals surface area contributed by atoms with E-state index in [2.05, 4.69) is 4.98 Å². The Morgan fingerprint density at radius 2 is 2.35 bits per heavy atom. The summed E-state index contributed by atoms with van der Waals surface area (Å²) in [7, 11) is 0. The first kappa shape index (κ1) is 11.5. The molecule has 0 aromatic carbocycles. The molecule has 0 aliphatic carbocycles. The van der Waals surface area contributed by atoms with Gasteiger partial charge >= 0.3 is 11.8 Å². The molecule has 0 amide bonds. The Labute approximate surface area is 96.2 Å². The third-order valence-corrected chi connectivity index (χ3v) is 3.11. The van der Waals surface area contributed by atoms with Gasteiger partial charge in [-0.15, -0.1) is 0 Å². The summed E-state index contributed by atoms with van der Waals surface area (Å²) in [6.07, 6.45) is 0.170. The lowest BCUT2D eigenvalue weighted by Gasteiger charge is -2.29. The summed E-state index contributed by atoms with van der Waals surface area (Å²) in [5.41, 5.74) is 4.59. The minimum absolute atomic E-state index is 0.0700. The second kappa shape index (κ2) is 3.52. The zero-order valence-corrected chi connectivity index (χ0v) is 9.21. The van der Waals surface area contributed by atoms with Gasteiger partial charge in [0, 0.05) is 19.9 Å². The molecular weight excluding hydrogens is 228 g/mol. The summed E-state index contributed by atoms with van der Waals surface area (Å²) >= 11 is 0. The van der Waals surface area contributed by atoms with E-state index in [4.69, 9.17) is 10.8 Å². The lowest BCUT2D eigenvalue weighted by atomic mass is 9.88. The van der Waals surface area contributed by atoms with E-state index in [1.165, 1.54) is 0 Å². The third-order valence-electron chi connectivity index (χ3n) is 3.11. The molecule has 17 heavy (non-hydrogen) atoms. The number of aromatic nitrogens is 2. The van der Waals surface area contributed by atoms with Crippen molar-refractivity contribution in [1.82, 2.24) is 9.55 Å². The lowest BCUT2D eigenvalue weighted by Crippen LogP contribution is -2.53. The van der Waals surface area contributed by atoms with E-state index < -0.39 is 16.4 Å². The Morgan fingerprint density at radius 3 is 2.88 bits per heavy atom. The van der Waals surface area contributed by atoms with E-state index in [1.807, 2.05) is 0 Å². The number of aryl methyl sites for hydroxylation is 1. The number of hydrogen-bond acceptors (Lipinski definition) is 5. The highest BCUT2D eigenvalue weighted by atomic mass is 16.6. The Hall–Kier alpha value is -1.96. The topological polar surface area (TPSA) is 124 Å². The average molecular weight is 240 g/mol. The molecule has 3 N–H and O–H groups in total. The van der Waals surface area contributed by atoms with Crippen LogP contribution in [0.3, 0.4) is 0 Å². The van der Waals surface area contributed by atoms with Gasteiger partial charge in [-0.25, -0.2) is 0 Å². The second-order valence-corrected chi connectivity index (χ2v) is 4.23. The van der Waals surface area contributed by atoms with E-state index in [0.717, 1.165) is 0 Å². The summed E-state index contributed by atoms with van der Waals surface area (Å²) in [6.45, 7) is 1.99. The monoisotopic (exact) mass is 240 g/mol. The van der Waals surface area contributed by atoms with Crippen molar-refractivity contribution in [3.05, 3.63) is 21.6 Å². The van der Waals surface area contributed by atoms with Crippen molar-refractivity contribution >= 4 is 11.8 Å². The van der Waals surface area contributed by atoms with Gasteiger partial charge < -0.3 is 25.5 Å². The summed E-state index contributed by atoms with van der Waals surface area (Å²) in [5, 5.41) is 19.8. The van der Waals surface area contributed by atoms with Crippen molar-refractivity contribution in [1.29, 1.82) is 0 Å². The number of rotatable bonds is 2. The van der Waals surface area contributed by atoms with Crippen molar-refractivity contribution < 1.29 is 14.8 Å². The fourth-order valence-corrected chi connectivity index (χ4v) is 2.09. The number of hydrogen-bond donors (Lipinski definition) is 2. The maximum absolute atomic E-state index is 11.0. The van der Waals surface area contributed by atoms with Gasteiger partial charge in [0.15, 0.2) is 0 Å². The van der Waals surface area contributed by atoms with Crippen LogP contribution in [0.15, 0.2) is 0 Å². The van der Waals surface area contributed by atoms with Crippen LogP contribution in [0.25, 0.3) is 0 Å². The summed E-state index contributed by atoms with van der Waals surface area (Å²) in [5.74, 6) is -0.922. The molecule has 0 saturated carbocycles. The van der Waals surface area contributed by atoms with Gasteiger partial charge in [0.2, 0.25) is 5.82 Å². The highest BCUT2D eigenvalue weighted by molar-refractivity contribution is 5.79. The molecule has 2 rings (SSSR count). The summed E-state index contributed by atoms with van der Waals surface area (Å²) in [4.78, 5) is 25.1. The number of carbonyl (C=O) groups is 1. The normalized spacial score (nSPS) is 23.2. The Balaban J connectivity index is 2.49. The zero-order valence-electron chi connectivity index (χ0n) is 9.21. The van der Waals surface area contributed by atoms with E-state index in [0.29, 0.717) is 18.1 Å². The van der Waals surface area contributed by atoms with E-state index in [1.54, 1.807) is 11.5 Å². The van der Waals surface area contributed by atoms with Gasteiger partial charge in [-0.3, -0.25) is 4.79 Å². The fourth-order valence-electron chi connectivity index (χ4n) is 2.09. The highest BCUT2D eigenvalue weighted by Crippen LogP contribution is 2.30. The number of aliphatic carboxylic acids is 1. The van der Waals surface area contributed by atoms with Gasteiger partial charge in [-0.2, -0.15) is 0 Å². The molecule has 1 aromatic heterocycles. The molecule has 0 radical (unpaired) electrons. The van der Waals surface area contributed by atoms with Crippen molar-refractivity contribution in [2.24, 2.45) is 5.73 Å². The first-order valence-electron chi connectivity index (χ1n) is 5.08. The molecule has 1 unspecified atom stereocenters. The van der Waals surface area contributed by atoms with E-state index in [-0.39, 0.29) is 18.7 Å². The van der Waals surface area contributed by atoms with Crippen molar-refractivity contribution in [2.45, 2.75) is 31.8 Å². The molecule has 2 heterocycles. The maximum atomic E-state index is 11.0. The zero-order chi connectivity index (χ0) is 12.8. The Kier molecular flexibility index (Phi) is 2.39. The van der Waals surface area contributed by atoms with Crippen LogP contribution in [-0.4, -0.2) is 31.1 Å². The fraction of sp³-hybridized carbons (Fsp3) is 0.556. The molecule has 1 aromatic rings. The first-order valence-corrected chi connectivity index (χ1v) is 5.08. The molecule has 1 atom stereocenters. The van der Waals surface area contributed by atoms with Gasteiger partial charge in [-0.1, -0.05) is 0 Å². The molecule has 92 valence electrons. The Bertz CT molecular complexity index is 509. The predicted octanol–water partition coefficient (Wildman–Crippen LogP) is -0.172. The maximum Gasteiger partial charge on any atom is 0.385 e. The minimum atomic E-state index is -1.44. The smallest absolute Gasteiger partial charge is 0.385 e. The molecule has 1 aliphatic rings. The van der Waals surface area contributed by atoms with Crippen LogP contribution in [0.1, 0.15) is 17.9 Å². The third kappa shape index (κ3) is 1.66. The van der Waals surface area contributed by atoms with Gasteiger partial charge in [0.25, 0.3) is 0 Å². The number of nitrogens with zero attached hydrogens (tertiary/aromatic N) is 3. The van der Waals surface area contributed by atoms with Crippen molar-refractivity contribution in [2.75, 3.05) is 0 Å². The number of carboxylic acids is 1. The van der Waals surface area contributed by atoms with Gasteiger partial charge in [0.05, 0.1) is 0 Å². The van der Waals surface area contributed by atoms with Crippen LogP contribution in [0.2, 0.25) is 0 Å². The molecule has 8 nitrogen and oxygen atoms in total. The summed E-state index contributed by atoms with van der Waals surface area (Å²) in [6, 6.07) is 0. The highest BCUT2D eigenvalue weighted by Gasteiger charge is 2.42. The summed E-state index contributed by atoms with van der Waals surface area (Å²) < 4.78 is 1.66. The van der Waals surface area contributed by atoms with Crippen molar-refractivity contribution in [3.8, 4) is 0 Å². The molecule has 0 saturated heterocycles. The van der Waals surface area contributed by atoms with E-state index in [9.17, 15) is 14.9 Å².